The van der Waals surface area contributed by atoms with Crippen LogP contribution in [-0.2, 0) is 4.79 Å². The molecule has 5 nitrogen and oxygen atoms in total. The Kier molecular flexibility index (Phi) is 3.13. The number of fused-ring (bicyclic) bond motifs is 1. The molecular weight excluding hydrogens is 248 g/mol. The number of hydrogen-bond acceptors (Lipinski definition) is 4. The fraction of sp³-hybridized carbons (Fsp3) is 0.364. The van der Waals surface area contributed by atoms with Gasteiger partial charge in [-0.1, -0.05) is 11.6 Å². The first-order valence-corrected chi connectivity index (χ1v) is 5.39. The van der Waals surface area contributed by atoms with Crippen LogP contribution in [0.5, 0.6) is 11.5 Å². The average molecular weight is 259 g/mol. The van der Waals surface area contributed by atoms with Crippen molar-refractivity contribution < 1.29 is 24.5 Å². The van der Waals surface area contributed by atoms with Crippen LogP contribution in [0.2, 0.25) is 5.02 Å². The number of aliphatic carboxylic acids is 1. The van der Waals surface area contributed by atoms with Crippen LogP contribution in [-0.4, -0.2) is 29.4 Å². The van der Waals surface area contributed by atoms with Crippen molar-refractivity contribution in [1.82, 2.24) is 0 Å². The minimum Gasteiger partial charge on any atom is -0.486 e. The highest BCUT2D eigenvalue weighted by molar-refractivity contribution is 6.33. The molecule has 0 amide bonds. The molecule has 1 aromatic carbocycles. The molecule has 17 heavy (non-hydrogen) atoms. The number of benzene rings is 1. The van der Waals surface area contributed by atoms with Crippen molar-refractivity contribution in [2.24, 2.45) is 0 Å². The van der Waals surface area contributed by atoms with E-state index in [9.17, 15) is 9.90 Å². The van der Waals surface area contributed by atoms with Gasteiger partial charge in [-0.05, 0) is 18.6 Å². The molecule has 1 aliphatic rings. The molecule has 6 heteroatoms. The van der Waals surface area contributed by atoms with Gasteiger partial charge in [-0.3, -0.25) is 0 Å². The molecule has 1 heterocycles. The molecule has 2 N–H and O–H groups in total. The zero-order valence-corrected chi connectivity index (χ0v) is 9.82. The van der Waals surface area contributed by atoms with Crippen LogP contribution >= 0.6 is 11.6 Å². The van der Waals surface area contributed by atoms with Crippen LogP contribution in [0, 0.1) is 6.92 Å². The van der Waals surface area contributed by atoms with Crippen molar-refractivity contribution in [3.8, 4) is 11.5 Å². The molecule has 0 bridgehead atoms. The smallest absolute Gasteiger partial charge is 0.337 e. The van der Waals surface area contributed by atoms with Gasteiger partial charge < -0.3 is 19.7 Å². The van der Waals surface area contributed by atoms with Crippen molar-refractivity contribution in [2.45, 2.75) is 13.0 Å². The Morgan fingerprint density at radius 3 is 2.76 bits per heavy atom. The molecule has 1 aliphatic heterocycles. The first-order valence-electron chi connectivity index (χ1n) is 5.02. The zero-order chi connectivity index (χ0) is 12.6. The molecule has 0 saturated carbocycles. The summed E-state index contributed by atoms with van der Waals surface area (Å²) in [5, 5.41) is 18.5. The fourth-order valence-electron chi connectivity index (χ4n) is 1.74. The normalized spacial score (nSPS) is 15.5. The van der Waals surface area contributed by atoms with Gasteiger partial charge >= 0.3 is 5.97 Å². The number of carboxylic acids is 1. The Balaban J connectivity index is 2.57. The van der Waals surface area contributed by atoms with Crippen molar-refractivity contribution in [3.63, 3.8) is 0 Å². The van der Waals surface area contributed by atoms with Crippen molar-refractivity contribution in [2.75, 3.05) is 13.2 Å². The molecule has 0 fully saturated rings. The Morgan fingerprint density at radius 1 is 1.47 bits per heavy atom. The van der Waals surface area contributed by atoms with E-state index in [2.05, 4.69) is 0 Å². The largest absolute Gasteiger partial charge is 0.486 e. The Bertz CT molecular complexity index is 471. The molecule has 1 aromatic rings. The number of halogens is 1. The van der Waals surface area contributed by atoms with E-state index in [1.54, 1.807) is 13.0 Å². The second kappa shape index (κ2) is 4.43. The topological polar surface area (TPSA) is 76.0 Å². The first-order chi connectivity index (χ1) is 8.02. The van der Waals surface area contributed by atoms with Crippen LogP contribution in [0.3, 0.4) is 0 Å². The fourth-order valence-corrected chi connectivity index (χ4v) is 2.14. The van der Waals surface area contributed by atoms with Crippen molar-refractivity contribution in [1.29, 1.82) is 0 Å². The van der Waals surface area contributed by atoms with E-state index in [-0.39, 0.29) is 10.6 Å². The SMILES string of the molecule is Cc1cc2c(c(Cl)c1C(O)C(=O)O)OCCO2. The lowest BCUT2D eigenvalue weighted by Gasteiger charge is -2.23. The highest BCUT2D eigenvalue weighted by Crippen LogP contribution is 2.43. The molecule has 2 rings (SSSR count). The van der Waals surface area contributed by atoms with Crippen molar-refractivity contribution in [3.05, 3.63) is 22.2 Å². The molecule has 1 unspecified atom stereocenters. The lowest BCUT2D eigenvalue weighted by atomic mass is 10.0. The van der Waals surface area contributed by atoms with Crippen LogP contribution in [0.25, 0.3) is 0 Å². The third-order valence-electron chi connectivity index (χ3n) is 2.53. The lowest BCUT2D eigenvalue weighted by Crippen LogP contribution is -2.18. The number of rotatable bonds is 2. The van der Waals surface area contributed by atoms with Gasteiger partial charge in [-0.2, -0.15) is 0 Å². The average Bonchev–Trinajstić information content (AvgIpc) is 2.28. The Labute approximate surface area is 103 Å². The third kappa shape index (κ3) is 2.03. The van der Waals surface area contributed by atoms with E-state index in [4.69, 9.17) is 26.2 Å². The van der Waals surface area contributed by atoms with Gasteiger partial charge in [0.1, 0.15) is 13.2 Å². The Morgan fingerprint density at radius 2 is 2.12 bits per heavy atom. The van der Waals surface area contributed by atoms with E-state index in [1.807, 2.05) is 0 Å². The maximum Gasteiger partial charge on any atom is 0.337 e. The van der Waals surface area contributed by atoms with Crippen LogP contribution in [0.4, 0.5) is 0 Å². The lowest BCUT2D eigenvalue weighted by molar-refractivity contribution is -0.147. The van der Waals surface area contributed by atoms with E-state index < -0.39 is 12.1 Å². The summed E-state index contributed by atoms with van der Waals surface area (Å²) >= 11 is 6.04. The van der Waals surface area contributed by atoms with Gasteiger partial charge in [0.15, 0.2) is 17.6 Å². The quantitative estimate of drug-likeness (QED) is 0.841. The van der Waals surface area contributed by atoms with E-state index in [1.165, 1.54) is 0 Å². The first kappa shape index (κ1) is 12.0. The molecule has 0 aliphatic carbocycles. The molecule has 1 atom stereocenters. The number of hydrogen-bond donors (Lipinski definition) is 2. The highest BCUT2D eigenvalue weighted by atomic mass is 35.5. The van der Waals surface area contributed by atoms with Crippen LogP contribution in [0.15, 0.2) is 6.07 Å². The minimum absolute atomic E-state index is 0.0922. The summed E-state index contributed by atoms with van der Waals surface area (Å²) in [6.45, 7) is 2.42. The summed E-state index contributed by atoms with van der Waals surface area (Å²) < 4.78 is 10.7. The van der Waals surface area contributed by atoms with Crippen molar-refractivity contribution >= 4 is 17.6 Å². The second-order valence-electron chi connectivity index (χ2n) is 3.69. The number of ether oxygens (including phenoxy) is 2. The number of carboxylic acid groups (broad SMARTS) is 1. The molecule has 0 spiro atoms. The van der Waals surface area contributed by atoms with Crippen LogP contribution in [0.1, 0.15) is 17.2 Å². The minimum atomic E-state index is -1.67. The van der Waals surface area contributed by atoms with Gasteiger partial charge in [0.25, 0.3) is 0 Å². The van der Waals surface area contributed by atoms with Gasteiger partial charge in [0.2, 0.25) is 0 Å². The van der Waals surface area contributed by atoms with Gasteiger partial charge in [-0.25, -0.2) is 4.79 Å². The standard InChI is InChI=1S/C11H11ClO5/c1-5-4-6-10(17-3-2-16-6)8(12)7(5)9(13)11(14)15/h4,9,13H,2-3H2,1H3,(H,14,15). The molecule has 0 radical (unpaired) electrons. The maximum atomic E-state index is 10.8. The monoisotopic (exact) mass is 258 g/mol. The summed E-state index contributed by atoms with van der Waals surface area (Å²) in [7, 11) is 0. The predicted molar refractivity (Wildman–Crippen MR) is 59.8 cm³/mol. The summed E-state index contributed by atoms with van der Waals surface area (Å²) in [4.78, 5) is 10.8. The van der Waals surface area contributed by atoms with Gasteiger partial charge in [0, 0.05) is 5.56 Å². The number of aryl methyl sites for hydroxylation is 1. The second-order valence-corrected chi connectivity index (χ2v) is 4.06. The predicted octanol–water partition coefficient (Wildman–Crippen LogP) is 1.54. The summed E-state index contributed by atoms with van der Waals surface area (Å²) in [5.41, 5.74) is 0.692. The van der Waals surface area contributed by atoms with E-state index >= 15 is 0 Å². The van der Waals surface area contributed by atoms with Gasteiger partial charge in [-0.15, -0.1) is 0 Å². The summed E-state index contributed by atoms with van der Waals surface area (Å²) in [6, 6.07) is 1.61. The highest BCUT2D eigenvalue weighted by Gasteiger charge is 2.27. The number of aliphatic hydroxyl groups excluding tert-OH is 1. The maximum absolute atomic E-state index is 10.8. The van der Waals surface area contributed by atoms with Gasteiger partial charge in [0.05, 0.1) is 5.02 Å². The van der Waals surface area contributed by atoms with E-state index in [0.717, 1.165) is 0 Å². The molecule has 92 valence electrons. The number of aliphatic hydroxyl groups is 1. The number of carbonyl (C=O) groups is 1. The summed E-state index contributed by atoms with van der Waals surface area (Å²) in [6.07, 6.45) is -1.67. The molecular formula is C11H11ClO5. The molecule has 0 saturated heterocycles. The third-order valence-corrected chi connectivity index (χ3v) is 2.90. The molecule has 0 aromatic heterocycles. The zero-order valence-electron chi connectivity index (χ0n) is 9.07. The van der Waals surface area contributed by atoms with E-state index in [0.29, 0.717) is 30.3 Å². The Hall–Kier alpha value is -1.46. The summed E-state index contributed by atoms with van der Waals surface area (Å²) in [5.74, 6) is -0.592. The van der Waals surface area contributed by atoms with Crippen LogP contribution < -0.4 is 9.47 Å².